The normalized spacial score (nSPS) is 22.2. The lowest BCUT2D eigenvalue weighted by atomic mass is 9.67. The highest BCUT2D eigenvalue weighted by Gasteiger charge is 2.54. The minimum Gasteiger partial charge on any atom is -0.348 e. The minimum atomic E-state index is 0.416. The Labute approximate surface area is 141 Å². The third-order valence-corrected chi connectivity index (χ3v) is 5.87. The van der Waals surface area contributed by atoms with Gasteiger partial charge in [-0.25, -0.2) is 9.97 Å². The maximum atomic E-state index is 4.63. The minimum absolute atomic E-state index is 0.416. The number of aryl methyl sites for hydroxylation is 1. The van der Waals surface area contributed by atoms with E-state index in [9.17, 15) is 0 Å². The molecule has 5 nitrogen and oxygen atoms in total. The van der Waals surface area contributed by atoms with Crippen LogP contribution in [0.3, 0.4) is 0 Å². The van der Waals surface area contributed by atoms with Gasteiger partial charge in [-0.05, 0) is 18.4 Å². The summed E-state index contributed by atoms with van der Waals surface area (Å²) in [6, 6.07) is 11.3. The van der Waals surface area contributed by atoms with Crippen molar-refractivity contribution in [3.8, 4) is 0 Å². The number of aromatic nitrogens is 4. The molecule has 2 aromatic heterocycles. The zero-order valence-electron chi connectivity index (χ0n) is 13.9. The van der Waals surface area contributed by atoms with Crippen LogP contribution in [0.25, 0.3) is 11.0 Å². The highest BCUT2D eigenvalue weighted by atomic mass is 15.3. The second-order valence-corrected chi connectivity index (χ2v) is 7.21. The highest BCUT2D eigenvalue weighted by Crippen LogP contribution is 2.59. The highest BCUT2D eigenvalue weighted by molar-refractivity contribution is 5.87. The van der Waals surface area contributed by atoms with Crippen molar-refractivity contribution in [1.29, 1.82) is 0 Å². The second kappa shape index (κ2) is 5.03. The van der Waals surface area contributed by atoms with Gasteiger partial charge in [-0.15, -0.1) is 0 Å². The van der Waals surface area contributed by atoms with Gasteiger partial charge in [-0.2, -0.15) is 5.10 Å². The summed E-state index contributed by atoms with van der Waals surface area (Å²) >= 11 is 0. The summed E-state index contributed by atoms with van der Waals surface area (Å²) in [6.07, 6.45) is 8.91. The molecule has 24 heavy (non-hydrogen) atoms. The van der Waals surface area contributed by atoms with Crippen LogP contribution in [0.15, 0.2) is 42.9 Å². The molecule has 122 valence electrons. The Bertz CT molecular complexity index is 879. The monoisotopic (exact) mass is 319 g/mol. The largest absolute Gasteiger partial charge is 0.348 e. The van der Waals surface area contributed by atoms with E-state index in [2.05, 4.69) is 50.3 Å². The van der Waals surface area contributed by atoms with E-state index in [1.165, 1.54) is 31.2 Å². The molecule has 0 radical (unpaired) electrons. The Hall–Kier alpha value is -2.43. The van der Waals surface area contributed by atoms with Gasteiger partial charge in [0, 0.05) is 19.0 Å². The van der Waals surface area contributed by atoms with Crippen molar-refractivity contribution < 1.29 is 0 Å². The molecule has 3 aromatic rings. The first kappa shape index (κ1) is 14.0. The molecule has 1 saturated heterocycles. The Morgan fingerprint density at radius 2 is 1.88 bits per heavy atom. The first-order chi connectivity index (χ1) is 11.8. The summed E-state index contributed by atoms with van der Waals surface area (Å²) in [6.45, 7) is 1.09. The zero-order valence-corrected chi connectivity index (χ0v) is 13.9. The lowest BCUT2D eigenvalue weighted by molar-refractivity contribution is 0.135. The second-order valence-electron chi connectivity index (χ2n) is 7.21. The van der Waals surface area contributed by atoms with Gasteiger partial charge < -0.3 is 4.90 Å². The summed E-state index contributed by atoms with van der Waals surface area (Å²) in [5, 5.41) is 5.42. The van der Waals surface area contributed by atoms with E-state index in [-0.39, 0.29) is 0 Å². The van der Waals surface area contributed by atoms with Crippen molar-refractivity contribution in [1.82, 2.24) is 19.7 Å². The van der Waals surface area contributed by atoms with Crippen LogP contribution >= 0.6 is 0 Å². The summed E-state index contributed by atoms with van der Waals surface area (Å²) in [5.41, 5.74) is 2.72. The third kappa shape index (κ3) is 1.84. The number of hydrogen-bond donors (Lipinski definition) is 0. The third-order valence-electron chi connectivity index (χ3n) is 5.87. The lowest BCUT2D eigenvalue weighted by Crippen LogP contribution is -2.58. The van der Waals surface area contributed by atoms with Gasteiger partial charge in [0.25, 0.3) is 0 Å². The molecule has 1 aliphatic heterocycles. The van der Waals surface area contributed by atoms with Gasteiger partial charge in [-0.3, -0.25) is 4.68 Å². The van der Waals surface area contributed by atoms with E-state index < -0.39 is 0 Å². The lowest BCUT2D eigenvalue weighted by Gasteiger charge is -2.57. The van der Waals surface area contributed by atoms with Crippen molar-refractivity contribution in [3.63, 3.8) is 0 Å². The Morgan fingerprint density at radius 1 is 1.08 bits per heavy atom. The summed E-state index contributed by atoms with van der Waals surface area (Å²) in [4.78, 5) is 11.5. The maximum Gasteiger partial charge on any atom is 0.163 e. The van der Waals surface area contributed by atoms with Gasteiger partial charge in [0.15, 0.2) is 5.65 Å². The van der Waals surface area contributed by atoms with Crippen molar-refractivity contribution in [2.75, 3.05) is 11.4 Å². The smallest absolute Gasteiger partial charge is 0.163 e. The molecule has 0 bridgehead atoms. The van der Waals surface area contributed by atoms with Gasteiger partial charge in [0.1, 0.15) is 12.1 Å². The van der Waals surface area contributed by atoms with Gasteiger partial charge in [0.2, 0.25) is 0 Å². The number of fused-ring (bicyclic) bond motifs is 1. The summed E-state index contributed by atoms with van der Waals surface area (Å²) < 4.78 is 1.82. The average Bonchev–Trinajstić information content (AvgIpc) is 3.23. The van der Waals surface area contributed by atoms with E-state index >= 15 is 0 Å². The van der Waals surface area contributed by atoms with Crippen molar-refractivity contribution >= 4 is 16.9 Å². The van der Waals surface area contributed by atoms with Crippen LogP contribution in [0.1, 0.15) is 37.3 Å². The van der Waals surface area contributed by atoms with E-state index in [1.54, 1.807) is 6.33 Å². The number of hydrogen-bond acceptors (Lipinski definition) is 4. The Balaban J connectivity index is 1.62. The molecule has 1 atom stereocenters. The molecule has 1 aromatic carbocycles. The standard InChI is InChI=1S/C19H21N5/c1-23-17-15(11-22-23)18(21-13-20-17)24-12-19(9-5-6-10-19)16(24)14-7-3-2-4-8-14/h2-4,7-8,11,13,16H,5-6,9-10,12H2,1H3. The summed E-state index contributed by atoms with van der Waals surface area (Å²) in [5.74, 6) is 1.03. The van der Waals surface area contributed by atoms with E-state index in [4.69, 9.17) is 0 Å². The maximum absolute atomic E-state index is 4.63. The first-order valence-corrected chi connectivity index (χ1v) is 8.73. The SMILES string of the molecule is Cn1ncc2c(N3CC4(CCCC4)C3c3ccccc3)ncnc21. The van der Waals surface area contributed by atoms with Crippen molar-refractivity contribution in [3.05, 3.63) is 48.4 Å². The first-order valence-electron chi connectivity index (χ1n) is 8.73. The molecular formula is C19H21N5. The average molecular weight is 319 g/mol. The topological polar surface area (TPSA) is 46.8 Å². The van der Waals surface area contributed by atoms with Crippen LogP contribution in [0, 0.1) is 5.41 Å². The molecule has 2 aliphatic rings. The van der Waals surface area contributed by atoms with Gasteiger partial charge >= 0.3 is 0 Å². The van der Waals surface area contributed by atoms with Crippen molar-refractivity contribution in [2.45, 2.75) is 31.7 Å². The predicted octanol–water partition coefficient (Wildman–Crippen LogP) is 3.49. The number of anilines is 1. The molecule has 0 N–H and O–H groups in total. The molecule has 2 fully saturated rings. The fourth-order valence-corrected chi connectivity index (χ4v) is 4.79. The molecular weight excluding hydrogens is 298 g/mol. The zero-order chi connectivity index (χ0) is 16.1. The van der Waals surface area contributed by atoms with Gasteiger partial charge in [-0.1, -0.05) is 43.2 Å². The quantitative estimate of drug-likeness (QED) is 0.725. The molecule has 0 amide bonds. The molecule has 1 spiro atoms. The fourth-order valence-electron chi connectivity index (χ4n) is 4.79. The predicted molar refractivity (Wildman–Crippen MR) is 93.7 cm³/mol. The fraction of sp³-hybridized carbons (Fsp3) is 0.421. The Kier molecular flexibility index (Phi) is 2.93. The van der Waals surface area contributed by atoms with Crippen molar-refractivity contribution in [2.24, 2.45) is 12.5 Å². The molecule has 5 heteroatoms. The van der Waals surface area contributed by atoms with Crippen LogP contribution in [-0.2, 0) is 7.05 Å². The Morgan fingerprint density at radius 3 is 2.67 bits per heavy atom. The number of nitrogens with zero attached hydrogens (tertiary/aromatic N) is 5. The van der Waals surface area contributed by atoms with E-state index in [0.717, 1.165) is 23.4 Å². The van der Waals surface area contributed by atoms with Crippen LogP contribution < -0.4 is 4.90 Å². The number of rotatable bonds is 2. The molecule has 1 unspecified atom stereocenters. The molecule has 5 rings (SSSR count). The van der Waals surface area contributed by atoms with Crippen LogP contribution in [0.4, 0.5) is 5.82 Å². The number of benzene rings is 1. The van der Waals surface area contributed by atoms with Crippen LogP contribution in [0.5, 0.6) is 0 Å². The van der Waals surface area contributed by atoms with Crippen LogP contribution in [-0.4, -0.2) is 26.3 Å². The van der Waals surface area contributed by atoms with Crippen LogP contribution in [0.2, 0.25) is 0 Å². The molecule has 1 saturated carbocycles. The van der Waals surface area contributed by atoms with E-state index in [0.29, 0.717) is 11.5 Å². The van der Waals surface area contributed by atoms with E-state index in [1.807, 2.05) is 17.9 Å². The molecule has 1 aliphatic carbocycles. The van der Waals surface area contributed by atoms with Gasteiger partial charge in [0.05, 0.1) is 17.6 Å². The molecule has 3 heterocycles. The summed E-state index contributed by atoms with van der Waals surface area (Å²) in [7, 11) is 1.93.